The minimum Gasteiger partial charge on any atom is -0.364 e. The van der Waals surface area contributed by atoms with Crippen LogP contribution in [0.1, 0.15) is 10.5 Å². The third kappa shape index (κ3) is 0.934. The van der Waals surface area contributed by atoms with Crippen LogP contribution in [0.4, 0.5) is 0 Å². The van der Waals surface area contributed by atoms with Gasteiger partial charge in [-0.2, -0.15) is 0 Å². The van der Waals surface area contributed by atoms with Gasteiger partial charge in [-0.05, 0) is 18.2 Å². The Bertz CT molecular complexity index is 433. The van der Waals surface area contributed by atoms with Gasteiger partial charge in [0.25, 0.3) is 5.91 Å². The molecule has 3 N–H and O–H groups in total. The Hall–Kier alpha value is -1.84. The van der Waals surface area contributed by atoms with Gasteiger partial charge in [0.15, 0.2) is 0 Å². The summed E-state index contributed by atoms with van der Waals surface area (Å²) in [6.45, 7) is 0. The monoisotopic (exact) mass is 161 g/mol. The topological polar surface area (TPSA) is 71.8 Å². The molecule has 2 rings (SSSR count). The summed E-state index contributed by atoms with van der Waals surface area (Å²) in [5, 5.41) is 0.972. The molecule has 2 heterocycles. The number of nitrogens with two attached hydrogens (primary N) is 1. The minimum atomic E-state index is -0.508. The first-order chi connectivity index (χ1) is 5.77. The van der Waals surface area contributed by atoms with Crippen LogP contribution in [-0.4, -0.2) is 15.9 Å². The first-order valence-electron chi connectivity index (χ1n) is 3.51. The van der Waals surface area contributed by atoms with Gasteiger partial charge in [0.05, 0.1) is 0 Å². The largest absolute Gasteiger partial charge is 0.364 e. The molecule has 0 fully saturated rings. The third-order valence-corrected chi connectivity index (χ3v) is 1.66. The van der Waals surface area contributed by atoms with E-state index in [-0.39, 0.29) is 5.69 Å². The van der Waals surface area contributed by atoms with Crippen molar-refractivity contribution in [1.29, 1.82) is 0 Å². The average Bonchev–Trinajstić information content (AvgIpc) is 2.49. The fraction of sp³-hybridized carbons (Fsp3) is 0. The Morgan fingerprint density at radius 1 is 1.42 bits per heavy atom. The molecule has 0 saturated carbocycles. The second-order valence-electron chi connectivity index (χ2n) is 2.48. The molecule has 0 unspecified atom stereocenters. The maximum absolute atomic E-state index is 10.7. The van der Waals surface area contributed by atoms with Gasteiger partial charge in [-0.25, -0.2) is 4.98 Å². The summed E-state index contributed by atoms with van der Waals surface area (Å²) in [6, 6.07) is 5.30. The first-order valence-corrected chi connectivity index (χ1v) is 3.51. The van der Waals surface area contributed by atoms with E-state index >= 15 is 0 Å². The lowest BCUT2D eigenvalue weighted by atomic mass is 10.3. The number of aromatic nitrogens is 2. The van der Waals surface area contributed by atoms with E-state index in [0.29, 0.717) is 5.65 Å². The SMILES string of the molecule is NC(=O)c1ccc2cc[nH]c2n1. The molecular formula is C8H7N3O. The van der Waals surface area contributed by atoms with Crippen molar-refractivity contribution in [3.8, 4) is 0 Å². The summed E-state index contributed by atoms with van der Waals surface area (Å²) in [5.41, 5.74) is 6.03. The highest BCUT2D eigenvalue weighted by molar-refractivity contribution is 5.93. The second-order valence-corrected chi connectivity index (χ2v) is 2.48. The zero-order valence-electron chi connectivity index (χ0n) is 6.24. The fourth-order valence-electron chi connectivity index (χ4n) is 1.07. The van der Waals surface area contributed by atoms with Crippen LogP contribution in [0.25, 0.3) is 11.0 Å². The van der Waals surface area contributed by atoms with E-state index in [0.717, 1.165) is 5.39 Å². The van der Waals surface area contributed by atoms with E-state index in [1.54, 1.807) is 18.3 Å². The van der Waals surface area contributed by atoms with Gasteiger partial charge in [-0.3, -0.25) is 4.79 Å². The summed E-state index contributed by atoms with van der Waals surface area (Å²) in [5.74, 6) is -0.508. The molecule has 4 nitrogen and oxygen atoms in total. The van der Waals surface area contributed by atoms with Crippen molar-refractivity contribution in [3.63, 3.8) is 0 Å². The van der Waals surface area contributed by atoms with Crippen LogP contribution in [0.2, 0.25) is 0 Å². The summed E-state index contributed by atoms with van der Waals surface area (Å²) in [4.78, 5) is 17.6. The van der Waals surface area contributed by atoms with E-state index in [1.807, 2.05) is 6.07 Å². The van der Waals surface area contributed by atoms with Crippen LogP contribution >= 0.6 is 0 Å². The van der Waals surface area contributed by atoms with E-state index < -0.39 is 5.91 Å². The molecule has 0 atom stereocenters. The molecule has 4 heteroatoms. The van der Waals surface area contributed by atoms with Gasteiger partial charge in [-0.1, -0.05) is 0 Å². The Balaban J connectivity index is 2.68. The Labute approximate surface area is 68.4 Å². The zero-order chi connectivity index (χ0) is 8.55. The molecule has 0 aliphatic carbocycles. The molecule has 0 aromatic carbocycles. The number of aromatic amines is 1. The van der Waals surface area contributed by atoms with Crippen LogP contribution in [0, 0.1) is 0 Å². The minimum absolute atomic E-state index is 0.282. The van der Waals surface area contributed by atoms with Crippen LogP contribution < -0.4 is 5.73 Å². The number of rotatable bonds is 1. The number of carbonyl (C=O) groups is 1. The first kappa shape index (κ1) is 6.84. The van der Waals surface area contributed by atoms with E-state index in [1.165, 1.54) is 0 Å². The summed E-state index contributed by atoms with van der Waals surface area (Å²) in [6.07, 6.45) is 1.77. The summed E-state index contributed by atoms with van der Waals surface area (Å²) >= 11 is 0. The van der Waals surface area contributed by atoms with Crippen LogP contribution in [0.15, 0.2) is 24.4 Å². The molecule has 0 spiro atoms. The Kier molecular flexibility index (Phi) is 1.33. The number of fused-ring (bicyclic) bond motifs is 1. The maximum Gasteiger partial charge on any atom is 0.267 e. The van der Waals surface area contributed by atoms with Crippen LogP contribution in [0.3, 0.4) is 0 Å². The molecule has 0 aliphatic heterocycles. The highest BCUT2D eigenvalue weighted by atomic mass is 16.1. The molecular weight excluding hydrogens is 154 g/mol. The summed E-state index contributed by atoms with van der Waals surface area (Å²) < 4.78 is 0. The van der Waals surface area contributed by atoms with Crippen molar-refractivity contribution in [1.82, 2.24) is 9.97 Å². The number of nitrogens with one attached hydrogen (secondary N) is 1. The van der Waals surface area contributed by atoms with Gasteiger partial charge in [0, 0.05) is 11.6 Å². The van der Waals surface area contributed by atoms with Gasteiger partial charge >= 0.3 is 0 Å². The third-order valence-electron chi connectivity index (χ3n) is 1.66. The molecule has 1 amide bonds. The number of hydrogen-bond acceptors (Lipinski definition) is 2. The Morgan fingerprint density at radius 3 is 3.00 bits per heavy atom. The lowest BCUT2D eigenvalue weighted by Crippen LogP contribution is -2.12. The number of pyridine rings is 1. The average molecular weight is 161 g/mol. The molecule has 2 aromatic rings. The van der Waals surface area contributed by atoms with Crippen molar-refractivity contribution in [3.05, 3.63) is 30.1 Å². The number of amides is 1. The molecule has 12 heavy (non-hydrogen) atoms. The standard InChI is InChI=1S/C8H7N3O/c9-7(12)6-2-1-5-3-4-10-8(5)11-6/h1-4H,(H2,9,12)(H,10,11). The maximum atomic E-state index is 10.7. The molecule has 0 aliphatic rings. The lowest BCUT2D eigenvalue weighted by molar-refractivity contribution is 0.0996. The number of carbonyl (C=O) groups excluding carboxylic acids is 1. The van der Waals surface area contributed by atoms with Gasteiger partial charge in [0.2, 0.25) is 0 Å². The van der Waals surface area contributed by atoms with Crippen molar-refractivity contribution < 1.29 is 4.79 Å². The molecule has 60 valence electrons. The van der Waals surface area contributed by atoms with Crippen LogP contribution in [0.5, 0.6) is 0 Å². The van der Waals surface area contributed by atoms with Gasteiger partial charge in [-0.15, -0.1) is 0 Å². The normalized spacial score (nSPS) is 10.3. The smallest absolute Gasteiger partial charge is 0.267 e. The predicted octanol–water partition coefficient (Wildman–Crippen LogP) is 0.662. The van der Waals surface area contributed by atoms with Crippen molar-refractivity contribution in [2.75, 3.05) is 0 Å². The molecule has 0 radical (unpaired) electrons. The predicted molar refractivity (Wildman–Crippen MR) is 44.6 cm³/mol. The van der Waals surface area contributed by atoms with Gasteiger partial charge in [0.1, 0.15) is 11.3 Å². The van der Waals surface area contributed by atoms with E-state index in [9.17, 15) is 4.79 Å². The number of H-pyrrole nitrogens is 1. The summed E-state index contributed by atoms with van der Waals surface area (Å²) in [7, 11) is 0. The van der Waals surface area contributed by atoms with E-state index in [2.05, 4.69) is 9.97 Å². The van der Waals surface area contributed by atoms with Crippen molar-refractivity contribution >= 4 is 16.9 Å². The highest BCUT2D eigenvalue weighted by Gasteiger charge is 2.02. The Morgan fingerprint density at radius 2 is 2.25 bits per heavy atom. The lowest BCUT2D eigenvalue weighted by Gasteiger charge is -1.93. The number of primary amides is 1. The van der Waals surface area contributed by atoms with Crippen molar-refractivity contribution in [2.24, 2.45) is 5.73 Å². The molecule has 0 bridgehead atoms. The zero-order valence-corrected chi connectivity index (χ0v) is 6.24. The molecule has 0 saturated heterocycles. The second kappa shape index (κ2) is 2.34. The quantitative estimate of drug-likeness (QED) is 0.644. The van der Waals surface area contributed by atoms with E-state index in [4.69, 9.17) is 5.73 Å². The van der Waals surface area contributed by atoms with Crippen LogP contribution in [-0.2, 0) is 0 Å². The molecule has 2 aromatic heterocycles. The fourth-order valence-corrected chi connectivity index (χ4v) is 1.07. The highest BCUT2D eigenvalue weighted by Crippen LogP contribution is 2.09. The number of hydrogen-bond donors (Lipinski definition) is 2. The number of nitrogens with zero attached hydrogens (tertiary/aromatic N) is 1. The van der Waals surface area contributed by atoms with Crippen molar-refractivity contribution in [2.45, 2.75) is 0 Å². The van der Waals surface area contributed by atoms with Gasteiger partial charge < -0.3 is 10.7 Å².